The standard InChI is InChI=1S/C19H20Cl2N4O4S/c20-15-3-1-14(2-4-15)19(27)23-22-18(26)13-24-9-11-25(12-10-24)30(28,29)17-7-5-16(21)6-8-17/h1-8H,9-13H2,(H,22,26)(H,23,27). The molecule has 0 unspecified atom stereocenters. The zero-order chi connectivity index (χ0) is 21.7. The van der Waals surface area contributed by atoms with Crippen molar-refractivity contribution in [3.8, 4) is 0 Å². The Labute approximate surface area is 184 Å². The molecule has 2 aromatic carbocycles. The molecule has 1 heterocycles. The van der Waals surface area contributed by atoms with Gasteiger partial charge in [-0.05, 0) is 48.5 Å². The van der Waals surface area contributed by atoms with Gasteiger partial charge in [-0.2, -0.15) is 4.31 Å². The van der Waals surface area contributed by atoms with E-state index in [0.717, 1.165) is 0 Å². The van der Waals surface area contributed by atoms with Gasteiger partial charge in [-0.25, -0.2) is 8.42 Å². The Morgan fingerprint density at radius 2 is 1.37 bits per heavy atom. The number of hydrazine groups is 1. The van der Waals surface area contributed by atoms with Crippen molar-refractivity contribution in [1.82, 2.24) is 20.1 Å². The van der Waals surface area contributed by atoms with Crippen LogP contribution >= 0.6 is 23.2 Å². The number of nitrogens with zero attached hydrogens (tertiary/aromatic N) is 2. The first-order valence-corrected chi connectivity index (χ1v) is 11.3. The number of carbonyl (C=O) groups is 2. The maximum Gasteiger partial charge on any atom is 0.269 e. The molecular formula is C19H20Cl2N4O4S. The maximum absolute atomic E-state index is 12.7. The molecule has 0 aliphatic carbocycles. The first-order chi connectivity index (χ1) is 14.3. The number of hydrogen-bond donors (Lipinski definition) is 2. The molecule has 30 heavy (non-hydrogen) atoms. The largest absolute Gasteiger partial charge is 0.292 e. The summed E-state index contributed by atoms with van der Waals surface area (Å²) in [6.07, 6.45) is 0. The van der Waals surface area contributed by atoms with Crippen LogP contribution in [-0.2, 0) is 14.8 Å². The van der Waals surface area contributed by atoms with Gasteiger partial charge in [0, 0.05) is 41.8 Å². The molecule has 2 amide bonds. The van der Waals surface area contributed by atoms with Gasteiger partial charge in [-0.3, -0.25) is 25.3 Å². The second-order valence-corrected chi connectivity index (χ2v) is 9.45. The third-order valence-electron chi connectivity index (χ3n) is 4.57. The number of piperazine rings is 1. The molecule has 2 N–H and O–H groups in total. The molecule has 0 bridgehead atoms. The van der Waals surface area contributed by atoms with Gasteiger partial charge in [-0.15, -0.1) is 0 Å². The first kappa shape index (κ1) is 22.5. The summed E-state index contributed by atoms with van der Waals surface area (Å²) < 4.78 is 26.8. The molecule has 0 spiro atoms. The Morgan fingerprint density at radius 1 is 0.833 bits per heavy atom. The molecule has 11 heteroatoms. The normalized spacial score (nSPS) is 15.5. The summed E-state index contributed by atoms with van der Waals surface area (Å²) in [5.41, 5.74) is 5.06. The SMILES string of the molecule is O=C(CN1CCN(S(=O)(=O)c2ccc(Cl)cc2)CC1)NNC(=O)c1ccc(Cl)cc1. The third-order valence-corrected chi connectivity index (χ3v) is 6.99. The van der Waals surface area contributed by atoms with Crippen LogP contribution in [0.3, 0.4) is 0 Å². The number of rotatable bonds is 5. The number of sulfonamides is 1. The van der Waals surface area contributed by atoms with Crippen LogP contribution in [0.1, 0.15) is 10.4 Å². The lowest BCUT2D eigenvalue weighted by molar-refractivity contribution is -0.123. The number of carbonyl (C=O) groups excluding carboxylic acids is 2. The predicted molar refractivity (Wildman–Crippen MR) is 114 cm³/mol. The van der Waals surface area contributed by atoms with Crippen LogP contribution in [0.4, 0.5) is 0 Å². The molecule has 1 fully saturated rings. The van der Waals surface area contributed by atoms with Crippen LogP contribution in [-0.4, -0.2) is 62.2 Å². The van der Waals surface area contributed by atoms with E-state index in [1.165, 1.54) is 28.6 Å². The summed E-state index contributed by atoms with van der Waals surface area (Å²) in [6.45, 7) is 1.34. The molecule has 1 saturated heterocycles. The average molecular weight is 471 g/mol. The highest BCUT2D eigenvalue weighted by Crippen LogP contribution is 2.19. The van der Waals surface area contributed by atoms with Crippen molar-refractivity contribution in [2.45, 2.75) is 4.90 Å². The van der Waals surface area contributed by atoms with E-state index in [2.05, 4.69) is 10.9 Å². The fourth-order valence-electron chi connectivity index (χ4n) is 2.93. The van der Waals surface area contributed by atoms with Gasteiger partial charge in [0.2, 0.25) is 10.0 Å². The molecule has 0 radical (unpaired) electrons. The lowest BCUT2D eigenvalue weighted by atomic mass is 10.2. The lowest BCUT2D eigenvalue weighted by Gasteiger charge is -2.33. The Hall–Kier alpha value is -2.17. The zero-order valence-corrected chi connectivity index (χ0v) is 18.2. The number of benzene rings is 2. The van der Waals surface area contributed by atoms with Gasteiger partial charge in [0.1, 0.15) is 0 Å². The first-order valence-electron chi connectivity index (χ1n) is 9.08. The van der Waals surface area contributed by atoms with Gasteiger partial charge < -0.3 is 0 Å². The van der Waals surface area contributed by atoms with Crippen LogP contribution in [0.5, 0.6) is 0 Å². The number of amides is 2. The van der Waals surface area contributed by atoms with E-state index in [0.29, 0.717) is 28.7 Å². The number of nitrogens with one attached hydrogen (secondary N) is 2. The van der Waals surface area contributed by atoms with Gasteiger partial charge in [-0.1, -0.05) is 23.2 Å². The Bertz CT molecular complexity index is 1010. The Kier molecular flexibility index (Phi) is 7.32. The third kappa shape index (κ3) is 5.71. The zero-order valence-electron chi connectivity index (χ0n) is 15.8. The minimum absolute atomic E-state index is 0.0374. The molecule has 3 rings (SSSR count). The fourth-order valence-corrected chi connectivity index (χ4v) is 4.60. The fraction of sp³-hybridized carbons (Fsp3) is 0.263. The van der Waals surface area contributed by atoms with Crippen molar-refractivity contribution in [2.24, 2.45) is 0 Å². The summed E-state index contributed by atoms with van der Waals surface area (Å²) in [4.78, 5) is 26.1. The van der Waals surface area contributed by atoms with E-state index in [9.17, 15) is 18.0 Å². The van der Waals surface area contributed by atoms with Crippen LogP contribution in [0, 0.1) is 0 Å². The smallest absolute Gasteiger partial charge is 0.269 e. The van der Waals surface area contributed by atoms with Gasteiger partial charge in [0.15, 0.2) is 0 Å². The molecule has 1 aliphatic rings. The van der Waals surface area contributed by atoms with Crippen molar-refractivity contribution in [3.63, 3.8) is 0 Å². The molecule has 0 saturated carbocycles. The van der Waals surface area contributed by atoms with Gasteiger partial charge in [0.05, 0.1) is 11.4 Å². The maximum atomic E-state index is 12.7. The van der Waals surface area contributed by atoms with E-state index in [1.807, 2.05) is 4.90 Å². The van der Waals surface area contributed by atoms with Crippen molar-refractivity contribution in [2.75, 3.05) is 32.7 Å². The van der Waals surface area contributed by atoms with Crippen LogP contribution in [0.25, 0.3) is 0 Å². The van der Waals surface area contributed by atoms with Crippen molar-refractivity contribution >= 4 is 45.0 Å². The Balaban J connectivity index is 1.46. The summed E-state index contributed by atoms with van der Waals surface area (Å²) in [6, 6.07) is 12.3. The van der Waals surface area contributed by atoms with Crippen LogP contribution < -0.4 is 10.9 Å². The second-order valence-electron chi connectivity index (χ2n) is 6.64. The minimum atomic E-state index is -3.60. The minimum Gasteiger partial charge on any atom is -0.292 e. The van der Waals surface area contributed by atoms with Crippen LogP contribution in [0.15, 0.2) is 53.4 Å². The van der Waals surface area contributed by atoms with E-state index in [-0.39, 0.29) is 24.5 Å². The molecule has 8 nitrogen and oxygen atoms in total. The summed E-state index contributed by atoms with van der Waals surface area (Å²) in [5.74, 6) is -0.856. The summed E-state index contributed by atoms with van der Waals surface area (Å²) in [7, 11) is -3.60. The molecule has 2 aromatic rings. The summed E-state index contributed by atoms with van der Waals surface area (Å²) in [5, 5.41) is 0.973. The summed E-state index contributed by atoms with van der Waals surface area (Å²) >= 11 is 11.6. The highest BCUT2D eigenvalue weighted by Gasteiger charge is 2.29. The monoisotopic (exact) mass is 470 g/mol. The van der Waals surface area contributed by atoms with Crippen molar-refractivity contribution < 1.29 is 18.0 Å². The van der Waals surface area contributed by atoms with Crippen LogP contribution in [0.2, 0.25) is 10.0 Å². The highest BCUT2D eigenvalue weighted by molar-refractivity contribution is 7.89. The van der Waals surface area contributed by atoms with Gasteiger partial charge in [0.25, 0.3) is 11.8 Å². The van der Waals surface area contributed by atoms with Crippen molar-refractivity contribution in [1.29, 1.82) is 0 Å². The molecule has 1 aliphatic heterocycles. The quantitative estimate of drug-likeness (QED) is 0.648. The average Bonchev–Trinajstić information content (AvgIpc) is 2.73. The number of halogens is 2. The number of hydrogen-bond acceptors (Lipinski definition) is 5. The Morgan fingerprint density at radius 3 is 1.93 bits per heavy atom. The van der Waals surface area contributed by atoms with E-state index in [4.69, 9.17) is 23.2 Å². The highest BCUT2D eigenvalue weighted by atomic mass is 35.5. The molecule has 0 aromatic heterocycles. The lowest BCUT2D eigenvalue weighted by Crippen LogP contribution is -2.52. The predicted octanol–water partition coefficient (Wildman–Crippen LogP) is 1.76. The molecular weight excluding hydrogens is 451 g/mol. The molecule has 0 atom stereocenters. The molecule has 160 valence electrons. The van der Waals surface area contributed by atoms with E-state index >= 15 is 0 Å². The van der Waals surface area contributed by atoms with E-state index < -0.39 is 21.8 Å². The van der Waals surface area contributed by atoms with Gasteiger partial charge >= 0.3 is 0 Å². The van der Waals surface area contributed by atoms with E-state index in [1.54, 1.807) is 24.3 Å². The second kappa shape index (κ2) is 9.76. The topological polar surface area (TPSA) is 98.8 Å². The van der Waals surface area contributed by atoms with Crippen molar-refractivity contribution in [3.05, 3.63) is 64.1 Å².